The van der Waals surface area contributed by atoms with E-state index in [-0.39, 0.29) is 0 Å². The number of fused-ring (bicyclic) bond motifs is 2. The predicted octanol–water partition coefficient (Wildman–Crippen LogP) is 4.38. The highest BCUT2D eigenvalue weighted by Gasteiger charge is 2.21. The van der Waals surface area contributed by atoms with Gasteiger partial charge in [-0.1, -0.05) is 0 Å². The highest BCUT2D eigenvalue weighted by molar-refractivity contribution is 7.22. The van der Waals surface area contributed by atoms with E-state index in [9.17, 15) is 0 Å². The lowest BCUT2D eigenvalue weighted by Crippen LogP contribution is -2.29. The van der Waals surface area contributed by atoms with Gasteiger partial charge in [0.15, 0.2) is 11.4 Å². The van der Waals surface area contributed by atoms with Crippen molar-refractivity contribution in [1.82, 2.24) is 19.6 Å². The Morgan fingerprint density at radius 2 is 1.97 bits per heavy atom. The Morgan fingerprint density at radius 3 is 2.76 bits per heavy atom. The van der Waals surface area contributed by atoms with Crippen molar-refractivity contribution in [2.45, 2.75) is 37.8 Å². The molecule has 1 fully saturated rings. The SMILES string of the molecule is COc1cncc2cc(-c3cnc4ccc(NC5CCC(OC)CC5)nn34)sc12. The number of hydrogen-bond donors (Lipinski definition) is 1. The molecule has 29 heavy (non-hydrogen) atoms. The average Bonchev–Trinajstić information content (AvgIpc) is 3.37. The Hall–Kier alpha value is -2.71. The van der Waals surface area contributed by atoms with Gasteiger partial charge < -0.3 is 14.8 Å². The Bertz CT molecular complexity index is 1150. The summed E-state index contributed by atoms with van der Waals surface area (Å²) in [5, 5.41) is 9.48. The van der Waals surface area contributed by atoms with Crippen molar-refractivity contribution in [2.75, 3.05) is 19.5 Å². The molecule has 0 radical (unpaired) electrons. The van der Waals surface area contributed by atoms with Gasteiger partial charge in [-0.05, 0) is 43.9 Å². The number of rotatable bonds is 5. The number of nitrogens with zero attached hydrogens (tertiary/aromatic N) is 4. The molecular formula is C21H23N5O2S. The number of aromatic nitrogens is 4. The van der Waals surface area contributed by atoms with Gasteiger partial charge in [-0.3, -0.25) is 4.98 Å². The molecule has 0 unspecified atom stereocenters. The molecule has 8 heteroatoms. The summed E-state index contributed by atoms with van der Waals surface area (Å²) in [6, 6.07) is 6.56. The molecule has 1 aliphatic rings. The number of anilines is 1. The lowest BCUT2D eigenvalue weighted by molar-refractivity contribution is 0.0681. The molecule has 150 valence electrons. The van der Waals surface area contributed by atoms with Crippen LogP contribution in [0.2, 0.25) is 0 Å². The van der Waals surface area contributed by atoms with E-state index in [4.69, 9.17) is 14.6 Å². The summed E-state index contributed by atoms with van der Waals surface area (Å²) in [4.78, 5) is 9.88. The van der Waals surface area contributed by atoms with Crippen molar-refractivity contribution in [3.05, 3.63) is 36.8 Å². The molecule has 0 aromatic carbocycles. The van der Waals surface area contributed by atoms with E-state index in [1.54, 1.807) is 31.8 Å². The second-order valence-corrected chi connectivity index (χ2v) is 8.41. The van der Waals surface area contributed by atoms with Crippen LogP contribution in [0.3, 0.4) is 0 Å². The van der Waals surface area contributed by atoms with Crippen LogP contribution in [0.5, 0.6) is 5.75 Å². The smallest absolute Gasteiger partial charge is 0.154 e. The first-order chi connectivity index (χ1) is 14.2. The van der Waals surface area contributed by atoms with Crippen molar-refractivity contribution in [1.29, 1.82) is 0 Å². The van der Waals surface area contributed by atoms with Crippen molar-refractivity contribution < 1.29 is 9.47 Å². The molecule has 0 saturated heterocycles. The van der Waals surface area contributed by atoms with Gasteiger partial charge >= 0.3 is 0 Å². The van der Waals surface area contributed by atoms with Crippen LogP contribution in [0, 0.1) is 0 Å². The number of pyridine rings is 1. The Labute approximate surface area is 172 Å². The third-order valence-corrected chi connectivity index (χ3v) is 6.77. The van der Waals surface area contributed by atoms with E-state index in [0.717, 1.165) is 63.6 Å². The first-order valence-corrected chi connectivity index (χ1v) is 10.6. The molecule has 4 heterocycles. The normalized spacial score (nSPS) is 19.7. The van der Waals surface area contributed by atoms with E-state index < -0.39 is 0 Å². The van der Waals surface area contributed by atoms with E-state index in [0.29, 0.717) is 12.1 Å². The zero-order valence-corrected chi connectivity index (χ0v) is 17.3. The molecule has 0 atom stereocenters. The van der Waals surface area contributed by atoms with Crippen LogP contribution < -0.4 is 10.1 Å². The maximum atomic E-state index is 5.48. The molecular weight excluding hydrogens is 386 g/mol. The van der Waals surface area contributed by atoms with Crippen LogP contribution in [0.15, 0.2) is 36.8 Å². The fourth-order valence-electron chi connectivity index (χ4n) is 3.98. The topological polar surface area (TPSA) is 73.6 Å². The van der Waals surface area contributed by atoms with Crippen LogP contribution in [0.1, 0.15) is 25.7 Å². The minimum absolute atomic E-state index is 0.392. The molecule has 1 aliphatic carbocycles. The number of imidazole rings is 1. The fourth-order valence-corrected chi connectivity index (χ4v) is 5.10. The van der Waals surface area contributed by atoms with Crippen molar-refractivity contribution in [2.24, 2.45) is 0 Å². The van der Waals surface area contributed by atoms with Gasteiger partial charge in [-0.15, -0.1) is 16.4 Å². The number of nitrogens with one attached hydrogen (secondary N) is 1. The van der Waals surface area contributed by atoms with Crippen LogP contribution in [0.25, 0.3) is 26.3 Å². The average molecular weight is 410 g/mol. The highest BCUT2D eigenvalue weighted by Crippen LogP contribution is 2.38. The van der Waals surface area contributed by atoms with Gasteiger partial charge in [-0.2, -0.15) is 0 Å². The quantitative estimate of drug-likeness (QED) is 0.527. The minimum Gasteiger partial charge on any atom is -0.494 e. The molecule has 1 saturated carbocycles. The molecule has 4 aromatic heterocycles. The van der Waals surface area contributed by atoms with E-state index in [2.05, 4.69) is 21.4 Å². The predicted molar refractivity (Wildman–Crippen MR) is 115 cm³/mol. The maximum absolute atomic E-state index is 5.48. The first kappa shape index (κ1) is 18.3. The summed E-state index contributed by atoms with van der Waals surface area (Å²) in [5.41, 5.74) is 1.80. The van der Waals surface area contributed by atoms with Gasteiger partial charge in [0.1, 0.15) is 11.5 Å². The number of ether oxygens (including phenoxy) is 2. The van der Waals surface area contributed by atoms with Gasteiger partial charge in [0.25, 0.3) is 0 Å². The lowest BCUT2D eigenvalue weighted by Gasteiger charge is -2.28. The molecule has 5 rings (SSSR count). The zero-order chi connectivity index (χ0) is 19.8. The van der Waals surface area contributed by atoms with Gasteiger partial charge in [0.2, 0.25) is 0 Å². The summed E-state index contributed by atoms with van der Waals surface area (Å²) in [6.07, 6.45) is 10.2. The number of hydrogen-bond acceptors (Lipinski definition) is 7. The Morgan fingerprint density at radius 1 is 1.10 bits per heavy atom. The van der Waals surface area contributed by atoms with Gasteiger partial charge in [-0.25, -0.2) is 9.50 Å². The highest BCUT2D eigenvalue weighted by atomic mass is 32.1. The second kappa shape index (κ2) is 7.61. The maximum Gasteiger partial charge on any atom is 0.154 e. The number of thiophene rings is 1. The molecule has 1 N–H and O–H groups in total. The van der Waals surface area contributed by atoms with E-state index >= 15 is 0 Å². The second-order valence-electron chi connectivity index (χ2n) is 7.36. The zero-order valence-electron chi connectivity index (χ0n) is 16.5. The minimum atomic E-state index is 0.392. The molecule has 0 aliphatic heterocycles. The monoisotopic (exact) mass is 409 g/mol. The molecule has 7 nitrogen and oxygen atoms in total. The fraction of sp³-hybridized carbons (Fsp3) is 0.381. The van der Waals surface area contributed by atoms with E-state index in [1.807, 2.05) is 29.0 Å². The van der Waals surface area contributed by atoms with Crippen LogP contribution in [-0.2, 0) is 4.74 Å². The van der Waals surface area contributed by atoms with Crippen molar-refractivity contribution >= 4 is 32.9 Å². The summed E-state index contributed by atoms with van der Waals surface area (Å²) in [7, 11) is 3.47. The summed E-state index contributed by atoms with van der Waals surface area (Å²) < 4.78 is 13.9. The van der Waals surface area contributed by atoms with Crippen LogP contribution >= 0.6 is 11.3 Å². The Balaban J connectivity index is 1.46. The van der Waals surface area contributed by atoms with Crippen LogP contribution in [-0.4, -0.2) is 45.9 Å². The number of methoxy groups -OCH3 is 2. The lowest BCUT2D eigenvalue weighted by atomic mass is 9.93. The summed E-state index contributed by atoms with van der Waals surface area (Å²) in [5.74, 6) is 1.66. The Kier molecular flexibility index (Phi) is 4.81. The van der Waals surface area contributed by atoms with Gasteiger partial charge in [0.05, 0.1) is 35.2 Å². The largest absolute Gasteiger partial charge is 0.494 e. The third-order valence-electron chi connectivity index (χ3n) is 5.58. The first-order valence-electron chi connectivity index (χ1n) is 9.81. The van der Waals surface area contributed by atoms with Crippen molar-refractivity contribution in [3.63, 3.8) is 0 Å². The molecule has 4 aromatic rings. The molecule has 0 spiro atoms. The molecule has 0 amide bonds. The summed E-state index contributed by atoms with van der Waals surface area (Å²) >= 11 is 1.67. The standard InChI is InChI=1S/C21H23N5O2S/c1-27-15-5-3-14(4-6-15)24-19-7-8-20-23-11-16(26(20)25-19)18-9-13-10-22-12-17(28-2)21(13)29-18/h7-12,14-15H,3-6H2,1-2H3,(H,24,25). The van der Waals surface area contributed by atoms with Gasteiger partial charge in [0, 0.05) is 24.7 Å². The van der Waals surface area contributed by atoms with Crippen LogP contribution in [0.4, 0.5) is 5.82 Å². The van der Waals surface area contributed by atoms with Crippen molar-refractivity contribution in [3.8, 4) is 16.3 Å². The molecule has 0 bridgehead atoms. The third kappa shape index (κ3) is 3.42. The summed E-state index contributed by atoms with van der Waals surface area (Å²) in [6.45, 7) is 0. The van der Waals surface area contributed by atoms with E-state index in [1.165, 1.54) is 0 Å².